The van der Waals surface area contributed by atoms with Crippen LogP contribution in [-0.2, 0) is 18.9 Å². The van der Waals surface area contributed by atoms with Gasteiger partial charge in [0.1, 0.15) is 0 Å². The Hall–Kier alpha value is -0.610. The van der Waals surface area contributed by atoms with Gasteiger partial charge in [-0.15, -0.1) is 0 Å². The van der Waals surface area contributed by atoms with E-state index in [9.17, 15) is 0 Å². The smallest absolute Gasteiger partial charge is 0.0521 e. The van der Waals surface area contributed by atoms with Crippen molar-refractivity contribution in [3.05, 3.63) is 53.3 Å². The predicted molar refractivity (Wildman–Crippen MR) is 87.4 cm³/mol. The monoisotopic (exact) mass is 384 g/mol. The zero-order valence-electron chi connectivity index (χ0n) is 11.2. The molecule has 0 aliphatic heterocycles. The van der Waals surface area contributed by atoms with Crippen molar-refractivity contribution in [1.82, 2.24) is 9.78 Å². The molecule has 1 aromatic carbocycles. The zero-order chi connectivity index (χ0) is 13.9. The highest BCUT2D eigenvalue weighted by atomic mass is 79.9. The Morgan fingerprint density at radius 3 is 2.26 bits per heavy atom. The van der Waals surface area contributed by atoms with Gasteiger partial charge >= 0.3 is 0 Å². The van der Waals surface area contributed by atoms with Gasteiger partial charge in [0.2, 0.25) is 0 Å². The van der Waals surface area contributed by atoms with E-state index < -0.39 is 0 Å². The van der Waals surface area contributed by atoms with Crippen LogP contribution >= 0.6 is 31.9 Å². The van der Waals surface area contributed by atoms with Gasteiger partial charge in [-0.25, -0.2) is 0 Å². The maximum absolute atomic E-state index is 4.26. The number of nitrogens with zero attached hydrogens (tertiary/aromatic N) is 2. The topological polar surface area (TPSA) is 17.8 Å². The molecular weight excluding hydrogens is 368 g/mol. The lowest BCUT2D eigenvalue weighted by Crippen LogP contribution is -2.32. The van der Waals surface area contributed by atoms with Gasteiger partial charge in [0.05, 0.1) is 6.20 Å². The van der Waals surface area contributed by atoms with Crippen molar-refractivity contribution >= 4 is 31.9 Å². The molecule has 0 fully saturated rings. The summed E-state index contributed by atoms with van der Waals surface area (Å²) < 4.78 is 1.86. The summed E-state index contributed by atoms with van der Waals surface area (Å²) in [6.07, 6.45) is 5.02. The molecule has 0 aliphatic carbocycles. The Kier molecular flexibility index (Phi) is 4.85. The molecule has 0 saturated carbocycles. The highest BCUT2D eigenvalue weighted by Crippen LogP contribution is 2.33. The third-order valence-electron chi connectivity index (χ3n) is 3.48. The van der Waals surface area contributed by atoms with Gasteiger partial charge in [0, 0.05) is 29.3 Å². The quantitative estimate of drug-likeness (QED) is 0.711. The first kappa shape index (κ1) is 14.8. The molecule has 102 valence electrons. The lowest BCUT2D eigenvalue weighted by Gasteiger charge is -2.30. The number of hydrogen-bond donors (Lipinski definition) is 0. The van der Waals surface area contributed by atoms with Crippen molar-refractivity contribution in [2.24, 2.45) is 7.05 Å². The zero-order valence-corrected chi connectivity index (χ0v) is 14.4. The molecule has 0 bridgehead atoms. The number of benzene rings is 1. The van der Waals surface area contributed by atoms with E-state index in [2.05, 4.69) is 74.3 Å². The van der Waals surface area contributed by atoms with Crippen LogP contribution in [0, 0.1) is 6.92 Å². The number of hydrogen-bond acceptors (Lipinski definition) is 1. The Morgan fingerprint density at radius 1 is 1.16 bits per heavy atom. The summed E-state index contributed by atoms with van der Waals surface area (Å²) in [5, 5.41) is 6.10. The van der Waals surface area contributed by atoms with Crippen molar-refractivity contribution in [3.63, 3.8) is 0 Å². The first-order chi connectivity index (χ1) is 9.09. The Balaban J connectivity index is 2.33. The largest absolute Gasteiger partial charge is 0.276 e. The molecule has 0 amide bonds. The third kappa shape index (κ3) is 3.29. The lowest BCUT2D eigenvalue weighted by molar-refractivity contribution is 0.550. The summed E-state index contributed by atoms with van der Waals surface area (Å²) in [5.41, 5.74) is 3.98. The number of rotatable bonds is 5. The van der Waals surface area contributed by atoms with E-state index in [1.807, 2.05) is 17.9 Å². The lowest BCUT2D eigenvalue weighted by atomic mass is 9.79. The van der Waals surface area contributed by atoms with E-state index in [1.165, 1.54) is 16.7 Å². The second kappa shape index (κ2) is 6.23. The minimum Gasteiger partial charge on any atom is -0.276 e. The van der Waals surface area contributed by atoms with E-state index in [-0.39, 0.29) is 5.41 Å². The van der Waals surface area contributed by atoms with Crippen LogP contribution in [-0.4, -0.2) is 20.4 Å². The van der Waals surface area contributed by atoms with Crippen molar-refractivity contribution < 1.29 is 0 Å². The molecule has 0 atom stereocenters. The second-order valence-corrected chi connectivity index (χ2v) is 6.23. The van der Waals surface area contributed by atoms with Gasteiger partial charge in [-0.05, 0) is 24.5 Å². The van der Waals surface area contributed by atoms with Crippen LogP contribution in [0.3, 0.4) is 0 Å². The molecular formula is C15H18Br2N2. The SMILES string of the molecule is Cc1ccc(C(CBr)(CBr)Cc2cnn(C)c2)cc1. The summed E-state index contributed by atoms with van der Waals surface area (Å²) in [7, 11) is 1.96. The molecule has 0 radical (unpaired) electrons. The van der Waals surface area contributed by atoms with Gasteiger partial charge in [-0.3, -0.25) is 4.68 Å². The number of halogens is 2. The van der Waals surface area contributed by atoms with E-state index in [4.69, 9.17) is 0 Å². The van der Waals surface area contributed by atoms with E-state index in [0.717, 1.165) is 17.1 Å². The average Bonchev–Trinajstić information content (AvgIpc) is 2.82. The van der Waals surface area contributed by atoms with E-state index >= 15 is 0 Å². The maximum atomic E-state index is 4.26. The van der Waals surface area contributed by atoms with Crippen LogP contribution in [0.15, 0.2) is 36.7 Å². The van der Waals surface area contributed by atoms with Gasteiger partial charge in [-0.2, -0.15) is 5.10 Å². The molecule has 1 aromatic heterocycles. The molecule has 0 spiro atoms. The fourth-order valence-corrected chi connectivity index (χ4v) is 4.22. The average molecular weight is 386 g/mol. The molecule has 2 rings (SSSR count). The summed E-state index contributed by atoms with van der Waals surface area (Å²) in [4.78, 5) is 0. The summed E-state index contributed by atoms with van der Waals surface area (Å²) in [6, 6.07) is 8.82. The fraction of sp³-hybridized carbons (Fsp3) is 0.400. The van der Waals surface area contributed by atoms with Crippen LogP contribution in [0.1, 0.15) is 16.7 Å². The Labute approximate surface area is 131 Å². The minimum absolute atomic E-state index is 0.0662. The van der Waals surface area contributed by atoms with E-state index in [1.54, 1.807) is 0 Å². The van der Waals surface area contributed by atoms with Crippen LogP contribution in [0.5, 0.6) is 0 Å². The molecule has 0 aliphatic rings. The highest BCUT2D eigenvalue weighted by molar-refractivity contribution is 9.09. The van der Waals surface area contributed by atoms with Crippen molar-refractivity contribution in [2.75, 3.05) is 10.7 Å². The Morgan fingerprint density at radius 2 is 1.79 bits per heavy atom. The van der Waals surface area contributed by atoms with E-state index in [0.29, 0.717) is 0 Å². The summed E-state index contributed by atoms with van der Waals surface area (Å²) >= 11 is 7.39. The molecule has 1 heterocycles. The van der Waals surface area contributed by atoms with Gasteiger partial charge in [-0.1, -0.05) is 61.7 Å². The first-order valence-electron chi connectivity index (χ1n) is 6.26. The van der Waals surface area contributed by atoms with Gasteiger partial charge in [0.25, 0.3) is 0 Å². The van der Waals surface area contributed by atoms with Gasteiger partial charge < -0.3 is 0 Å². The number of aromatic nitrogens is 2. The number of alkyl halides is 2. The summed E-state index contributed by atoms with van der Waals surface area (Å²) in [5.74, 6) is 0. The highest BCUT2D eigenvalue weighted by Gasteiger charge is 2.30. The van der Waals surface area contributed by atoms with Crippen LogP contribution in [0.4, 0.5) is 0 Å². The molecule has 0 unspecified atom stereocenters. The van der Waals surface area contributed by atoms with Crippen molar-refractivity contribution in [1.29, 1.82) is 0 Å². The molecule has 0 N–H and O–H groups in total. The number of aryl methyl sites for hydroxylation is 2. The molecule has 2 nitrogen and oxygen atoms in total. The third-order valence-corrected chi connectivity index (χ3v) is 5.62. The summed E-state index contributed by atoms with van der Waals surface area (Å²) in [6.45, 7) is 2.12. The fourth-order valence-electron chi connectivity index (χ4n) is 2.25. The van der Waals surface area contributed by atoms with Crippen LogP contribution in [0.2, 0.25) is 0 Å². The molecule has 4 heteroatoms. The normalized spacial score (nSPS) is 11.8. The standard InChI is InChI=1S/C15H18Br2N2/c1-12-3-5-14(6-4-12)15(10-16,11-17)7-13-8-18-19(2)9-13/h3-6,8-9H,7,10-11H2,1-2H3. The van der Waals surface area contributed by atoms with Crippen LogP contribution in [0.25, 0.3) is 0 Å². The minimum atomic E-state index is 0.0662. The maximum Gasteiger partial charge on any atom is 0.0521 e. The first-order valence-corrected chi connectivity index (χ1v) is 8.50. The predicted octanol–water partition coefficient (Wildman–Crippen LogP) is 4.00. The van der Waals surface area contributed by atoms with Crippen LogP contribution < -0.4 is 0 Å². The molecule has 0 saturated heterocycles. The molecule has 19 heavy (non-hydrogen) atoms. The van der Waals surface area contributed by atoms with Gasteiger partial charge in [0.15, 0.2) is 0 Å². The molecule has 2 aromatic rings. The van der Waals surface area contributed by atoms with Crippen molar-refractivity contribution in [3.8, 4) is 0 Å². The van der Waals surface area contributed by atoms with Crippen molar-refractivity contribution in [2.45, 2.75) is 18.8 Å². The second-order valence-electron chi connectivity index (χ2n) is 5.11. The Bertz CT molecular complexity index is 527.